The van der Waals surface area contributed by atoms with Gasteiger partial charge in [-0.25, -0.2) is 5.06 Å². The summed E-state index contributed by atoms with van der Waals surface area (Å²) in [5.74, 6) is 0.261. The van der Waals surface area contributed by atoms with Crippen molar-refractivity contribution in [1.82, 2.24) is 5.06 Å². The minimum Gasteiger partial charge on any atom is -0.503 e. The van der Waals surface area contributed by atoms with E-state index in [-0.39, 0.29) is 24.1 Å². The summed E-state index contributed by atoms with van der Waals surface area (Å²) in [4.78, 5) is 0. The third-order valence-electron chi connectivity index (χ3n) is 1.68. The number of hydrogen-bond donors (Lipinski definition) is 3. The fraction of sp³-hybridized carbons (Fsp3) is 0.333. The number of aliphatic hydroxyl groups excluding tert-OH is 1. The number of nitrogens with zero attached hydrogens (tertiary/aromatic N) is 1. The SMILES string of the molecule is NC1C2=C(OCO2)C(O)=CN1O. The average molecular weight is 172 g/mol. The Balaban J connectivity index is 2.38. The van der Waals surface area contributed by atoms with Crippen molar-refractivity contribution in [3.63, 3.8) is 0 Å². The molecule has 0 saturated heterocycles. The van der Waals surface area contributed by atoms with Gasteiger partial charge in [0.05, 0.1) is 6.20 Å². The molecular weight excluding hydrogens is 164 g/mol. The molecule has 0 aromatic rings. The van der Waals surface area contributed by atoms with Crippen LogP contribution in [-0.4, -0.2) is 28.3 Å². The molecule has 66 valence electrons. The van der Waals surface area contributed by atoms with Crippen LogP contribution in [0.3, 0.4) is 0 Å². The molecule has 0 aromatic carbocycles. The molecule has 0 bridgehead atoms. The lowest BCUT2D eigenvalue weighted by Crippen LogP contribution is -2.40. The summed E-state index contributed by atoms with van der Waals surface area (Å²) >= 11 is 0. The van der Waals surface area contributed by atoms with Gasteiger partial charge in [-0.1, -0.05) is 0 Å². The zero-order valence-corrected chi connectivity index (χ0v) is 6.10. The number of nitrogens with two attached hydrogens (primary N) is 1. The average Bonchev–Trinajstić information content (AvgIpc) is 2.48. The van der Waals surface area contributed by atoms with Gasteiger partial charge in [-0.15, -0.1) is 0 Å². The van der Waals surface area contributed by atoms with Gasteiger partial charge < -0.3 is 20.3 Å². The molecule has 0 fully saturated rings. The molecule has 0 spiro atoms. The van der Waals surface area contributed by atoms with Gasteiger partial charge in [0.1, 0.15) is 0 Å². The van der Waals surface area contributed by atoms with Crippen LogP contribution in [0, 0.1) is 0 Å². The van der Waals surface area contributed by atoms with Crippen molar-refractivity contribution in [1.29, 1.82) is 0 Å². The molecule has 1 atom stereocenters. The summed E-state index contributed by atoms with van der Waals surface area (Å²) in [6.45, 7) is 0.0180. The van der Waals surface area contributed by atoms with Gasteiger partial charge in [0, 0.05) is 0 Å². The molecule has 4 N–H and O–H groups in total. The zero-order valence-electron chi connectivity index (χ0n) is 6.10. The lowest BCUT2D eigenvalue weighted by molar-refractivity contribution is -0.0838. The van der Waals surface area contributed by atoms with Crippen molar-refractivity contribution < 1.29 is 19.8 Å². The van der Waals surface area contributed by atoms with Gasteiger partial charge in [0.15, 0.2) is 17.7 Å². The lowest BCUT2D eigenvalue weighted by Gasteiger charge is -2.24. The van der Waals surface area contributed by atoms with Gasteiger partial charge in [-0.2, -0.15) is 0 Å². The minimum absolute atomic E-state index is 0.0180. The largest absolute Gasteiger partial charge is 0.503 e. The van der Waals surface area contributed by atoms with E-state index in [1.165, 1.54) is 0 Å². The van der Waals surface area contributed by atoms with Crippen LogP contribution in [0.4, 0.5) is 0 Å². The summed E-state index contributed by atoms with van der Waals surface area (Å²) in [5.41, 5.74) is 5.48. The van der Waals surface area contributed by atoms with E-state index >= 15 is 0 Å². The fourth-order valence-electron chi connectivity index (χ4n) is 1.09. The predicted octanol–water partition coefficient (Wildman–Crippen LogP) is -0.409. The lowest BCUT2D eigenvalue weighted by atomic mass is 10.2. The Kier molecular flexibility index (Phi) is 1.39. The first-order valence-corrected chi connectivity index (χ1v) is 3.34. The maximum atomic E-state index is 9.21. The van der Waals surface area contributed by atoms with Crippen molar-refractivity contribution in [2.24, 2.45) is 5.73 Å². The van der Waals surface area contributed by atoms with Gasteiger partial charge in [0.25, 0.3) is 0 Å². The van der Waals surface area contributed by atoms with E-state index in [2.05, 4.69) is 0 Å². The molecule has 6 heteroatoms. The van der Waals surface area contributed by atoms with Crippen LogP contribution < -0.4 is 5.73 Å². The predicted molar refractivity (Wildman–Crippen MR) is 36.4 cm³/mol. The van der Waals surface area contributed by atoms with Crippen LogP contribution >= 0.6 is 0 Å². The Morgan fingerprint density at radius 1 is 1.58 bits per heavy atom. The van der Waals surface area contributed by atoms with Gasteiger partial charge >= 0.3 is 0 Å². The van der Waals surface area contributed by atoms with E-state index in [0.29, 0.717) is 5.06 Å². The first-order chi connectivity index (χ1) is 5.70. The zero-order chi connectivity index (χ0) is 8.72. The number of ether oxygens (including phenoxy) is 2. The van der Waals surface area contributed by atoms with Crippen LogP contribution in [0.1, 0.15) is 0 Å². The first kappa shape index (κ1) is 7.26. The summed E-state index contributed by atoms with van der Waals surface area (Å²) in [7, 11) is 0. The highest BCUT2D eigenvalue weighted by atomic mass is 16.7. The quantitative estimate of drug-likeness (QED) is 0.460. The number of hydroxylamine groups is 2. The Labute approximate surface area is 68.0 Å². The van der Waals surface area contributed by atoms with E-state index in [0.717, 1.165) is 6.20 Å². The van der Waals surface area contributed by atoms with E-state index in [4.69, 9.17) is 20.4 Å². The van der Waals surface area contributed by atoms with E-state index in [1.54, 1.807) is 0 Å². The highest BCUT2D eigenvalue weighted by Crippen LogP contribution is 2.28. The monoisotopic (exact) mass is 172 g/mol. The smallest absolute Gasteiger partial charge is 0.231 e. The number of hydrogen-bond acceptors (Lipinski definition) is 6. The number of rotatable bonds is 0. The molecule has 2 aliphatic heterocycles. The molecule has 6 nitrogen and oxygen atoms in total. The molecule has 2 rings (SSSR count). The normalized spacial score (nSPS) is 27.7. The van der Waals surface area contributed by atoms with Crippen LogP contribution in [0.5, 0.6) is 0 Å². The minimum atomic E-state index is -0.807. The summed E-state index contributed by atoms with van der Waals surface area (Å²) in [5, 5.41) is 19.0. The third kappa shape index (κ3) is 0.821. The van der Waals surface area contributed by atoms with Gasteiger partial charge in [-0.3, -0.25) is 5.21 Å². The van der Waals surface area contributed by atoms with Gasteiger partial charge in [-0.05, 0) is 0 Å². The summed E-state index contributed by atoms with van der Waals surface area (Å²) in [6, 6.07) is 0. The van der Waals surface area contributed by atoms with Crippen LogP contribution in [-0.2, 0) is 9.47 Å². The first-order valence-electron chi connectivity index (χ1n) is 3.34. The molecule has 0 aromatic heterocycles. The summed E-state index contributed by atoms with van der Waals surface area (Å²) < 4.78 is 9.85. The highest BCUT2D eigenvalue weighted by molar-refractivity contribution is 5.29. The number of aliphatic hydroxyl groups is 1. The van der Waals surface area contributed by atoms with Crippen molar-refractivity contribution in [3.05, 3.63) is 23.5 Å². The van der Waals surface area contributed by atoms with Crippen LogP contribution in [0.15, 0.2) is 23.5 Å². The molecule has 12 heavy (non-hydrogen) atoms. The summed E-state index contributed by atoms with van der Waals surface area (Å²) in [6.07, 6.45) is 0.261. The molecule has 0 amide bonds. The van der Waals surface area contributed by atoms with Crippen LogP contribution in [0.25, 0.3) is 0 Å². The Bertz CT molecular complexity index is 273. The van der Waals surface area contributed by atoms with Crippen LogP contribution in [0.2, 0.25) is 0 Å². The molecule has 2 aliphatic rings. The maximum Gasteiger partial charge on any atom is 0.231 e. The highest BCUT2D eigenvalue weighted by Gasteiger charge is 2.33. The molecule has 0 radical (unpaired) electrons. The standard InChI is InChI=1S/C6H8N2O4/c7-6-5-4(11-2-12-5)3(9)1-8(6)10/h1,6,9-10H,2,7H2. The van der Waals surface area contributed by atoms with Crippen molar-refractivity contribution in [2.75, 3.05) is 6.79 Å². The van der Waals surface area contributed by atoms with Crippen molar-refractivity contribution in [3.8, 4) is 0 Å². The fourth-order valence-corrected chi connectivity index (χ4v) is 1.09. The van der Waals surface area contributed by atoms with Crippen molar-refractivity contribution >= 4 is 0 Å². The Hall–Kier alpha value is -1.40. The maximum absolute atomic E-state index is 9.21. The molecule has 1 unspecified atom stereocenters. The molecule has 2 heterocycles. The van der Waals surface area contributed by atoms with E-state index in [1.807, 2.05) is 0 Å². The topological polar surface area (TPSA) is 88.2 Å². The molecule has 0 aliphatic carbocycles. The second kappa shape index (κ2) is 2.29. The Morgan fingerprint density at radius 3 is 3.08 bits per heavy atom. The van der Waals surface area contributed by atoms with Gasteiger partial charge in [0.2, 0.25) is 12.6 Å². The van der Waals surface area contributed by atoms with Crippen molar-refractivity contribution in [2.45, 2.75) is 6.17 Å². The second-order valence-electron chi connectivity index (χ2n) is 2.44. The van der Waals surface area contributed by atoms with E-state index in [9.17, 15) is 5.11 Å². The third-order valence-corrected chi connectivity index (χ3v) is 1.68. The Morgan fingerprint density at radius 2 is 2.33 bits per heavy atom. The molecule has 0 saturated carbocycles. The molecular formula is C6H8N2O4. The second-order valence-corrected chi connectivity index (χ2v) is 2.44. The van der Waals surface area contributed by atoms with E-state index < -0.39 is 6.17 Å².